The number of anilines is 1. The molecule has 0 saturated heterocycles. The van der Waals surface area contributed by atoms with Crippen LogP contribution in [0, 0.1) is 26.7 Å². The van der Waals surface area contributed by atoms with Gasteiger partial charge in [-0.2, -0.15) is 0 Å². The minimum Gasteiger partial charge on any atom is -0.147 e. The second-order valence-corrected chi connectivity index (χ2v) is 10.2. The summed E-state index contributed by atoms with van der Waals surface area (Å²) in [7, 11) is 0. The largest absolute Gasteiger partial charge is 0.147 e. The summed E-state index contributed by atoms with van der Waals surface area (Å²) >= 11 is -0.369. The van der Waals surface area contributed by atoms with Crippen LogP contribution in [0.15, 0.2) is 65.8 Å². The average Bonchev–Trinajstić information content (AvgIpc) is 2.95. The van der Waals surface area contributed by atoms with E-state index in [-0.39, 0.29) is 44.2 Å². The molecule has 0 fully saturated rings. The van der Waals surface area contributed by atoms with Crippen molar-refractivity contribution in [2.75, 3.05) is 3.80 Å². The third-order valence-electron chi connectivity index (χ3n) is 6.44. The zero-order chi connectivity index (χ0) is 21.4. The zero-order valence-corrected chi connectivity index (χ0v) is 23.0. The van der Waals surface area contributed by atoms with Gasteiger partial charge in [0, 0.05) is 0 Å². The Morgan fingerprint density at radius 1 is 0.875 bits per heavy atom. The molecule has 0 aliphatic heterocycles. The minimum atomic E-state index is -0.369. The molecule has 0 radical (unpaired) electrons. The van der Waals surface area contributed by atoms with Gasteiger partial charge in [-0.3, -0.25) is 0 Å². The molecular formula is C28H33Cl2NTi. The number of hydrogen-bond acceptors (Lipinski definition) is 1. The van der Waals surface area contributed by atoms with Crippen LogP contribution in [-0.4, -0.2) is 0 Å². The number of fused-ring (bicyclic) bond motifs is 1. The van der Waals surface area contributed by atoms with Gasteiger partial charge in [-0.25, -0.2) is 0 Å². The van der Waals surface area contributed by atoms with Gasteiger partial charge < -0.3 is 0 Å². The maximum atomic E-state index is 3.87. The zero-order valence-electron chi connectivity index (χ0n) is 19.8. The van der Waals surface area contributed by atoms with Crippen LogP contribution in [0.5, 0.6) is 0 Å². The van der Waals surface area contributed by atoms with Crippen molar-refractivity contribution >= 4 is 46.8 Å². The molecule has 0 heterocycles. The van der Waals surface area contributed by atoms with Crippen LogP contribution in [-0.2, 0) is 24.1 Å². The van der Waals surface area contributed by atoms with Gasteiger partial charge in [0.05, 0.1) is 0 Å². The van der Waals surface area contributed by atoms with Crippen molar-refractivity contribution in [3.05, 3.63) is 93.6 Å². The summed E-state index contributed by atoms with van der Waals surface area (Å²) in [5.74, 6) is 0.486. The first kappa shape index (κ1) is 26.7. The fraction of sp³-hybridized carbons (Fsp3) is 0.286. The Bertz CT molecular complexity index is 1170. The van der Waals surface area contributed by atoms with Gasteiger partial charge in [-0.1, -0.05) is 0 Å². The van der Waals surface area contributed by atoms with E-state index in [4.69, 9.17) is 0 Å². The molecule has 1 aliphatic carbocycles. The molecular weight excluding hydrogens is 469 g/mol. The maximum absolute atomic E-state index is 3.87. The van der Waals surface area contributed by atoms with Crippen LogP contribution < -0.4 is 3.80 Å². The van der Waals surface area contributed by atoms with Crippen LogP contribution in [0.3, 0.4) is 0 Å². The van der Waals surface area contributed by atoms with E-state index in [1.165, 1.54) is 61.0 Å². The number of aryl methyl sites for hydroxylation is 3. The van der Waals surface area contributed by atoms with Gasteiger partial charge in [-0.15, -0.1) is 24.8 Å². The molecule has 1 nitrogen and oxygen atoms in total. The summed E-state index contributed by atoms with van der Waals surface area (Å²) in [4.78, 5) is 0. The van der Waals surface area contributed by atoms with Crippen molar-refractivity contribution in [2.45, 2.75) is 46.3 Å². The van der Waals surface area contributed by atoms with Gasteiger partial charge in [0.15, 0.2) is 0 Å². The van der Waals surface area contributed by atoms with Crippen molar-refractivity contribution < 1.29 is 19.4 Å². The van der Waals surface area contributed by atoms with Gasteiger partial charge in [0.2, 0.25) is 0 Å². The first-order chi connectivity index (χ1) is 14.4. The maximum Gasteiger partial charge on any atom is -0.147 e. The van der Waals surface area contributed by atoms with Crippen LogP contribution in [0.2, 0.25) is 0 Å². The number of allylic oxidation sites excluding steroid dienone is 4. The Morgan fingerprint density at radius 2 is 1.53 bits per heavy atom. The van der Waals surface area contributed by atoms with Crippen LogP contribution in [0.4, 0.5) is 5.69 Å². The molecule has 1 aliphatic rings. The standard InChI is InChI=1S/C19H19.C9H12N.2ClH.Ti/c1-12-11-13(2)19(14(12)3)18-10-9-16-7-5-6-8-17(16)15(18)4;1-6-4-7(2)9(10)8(3)5-6;;;/h5-11,13H,4H2,1-3H3;4-5,10H,1-3H3;2*1H;/q;-1;;;+1. The van der Waals surface area contributed by atoms with Gasteiger partial charge in [0.25, 0.3) is 0 Å². The van der Waals surface area contributed by atoms with Crippen molar-refractivity contribution in [3.8, 4) is 0 Å². The smallest absolute Gasteiger partial charge is 0.147 e. The molecule has 3 aromatic carbocycles. The van der Waals surface area contributed by atoms with Crippen molar-refractivity contribution in [2.24, 2.45) is 5.92 Å². The van der Waals surface area contributed by atoms with Crippen LogP contribution >= 0.6 is 24.8 Å². The molecule has 4 heteroatoms. The second kappa shape index (κ2) is 11.1. The molecule has 1 unspecified atom stereocenters. The fourth-order valence-corrected chi connectivity index (χ4v) is 6.86. The van der Waals surface area contributed by atoms with E-state index >= 15 is 0 Å². The summed E-state index contributed by atoms with van der Waals surface area (Å²) in [5, 5.41) is 2.76. The number of benzene rings is 3. The van der Waals surface area contributed by atoms with Gasteiger partial charge >= 0.3 is 191 Å². The molecule has 1 atom stereocenters. The molecule has 0 spiro atoms. The Kier molecular flexibility index (Phi) is 9.26. The van der Waals surface area contributed by atoms with Crippen LogP contribution in [0.25, 0.3) is 16.3 Å². The van der Waals surface area contributed by atoms with Crippen molar-refractivity contribution in [3.63, 3.8) is 0 Å². The Hall–Kier alpha value is -1.51. The summed E-state index contributed by atoms with van der Waals surface area (Å²) in [5.41, 5.74) is 12.8. The molecule has 0 amide bonds. The molecule has 0 bridgehead atoms. The molecule has 3 aromatic rings. The van der Waals surface area contributed by atoms with Crippen LogP contribution in [0.1, 0.15) is 48.6 Å². The van der Waals surface area contributed by atoms with E-state index in [9.17, 15) is 0 Å². The molecule has 0 aromatic heterocycles. The second-order valence-electron chi connectivity index (χ2n) is 8.74. The molecule has 4 rings (SSSR count). The predicted octanol–water partition coefficient (Wildman–Crippen LogP) is 8.59. The Labute approximate surface area is 214 Å². The number of hydrogen-bond donors (Lipinski definition) is 1. The van der Waals surface area contributed by atoms with E-state index < -0.39 is 0 Å². The molecule has 1 N–H and O–H groups in total. The SMILES string of the molecule is CC1=CC(C)C(c2ccc3ccccc3c2[CH2][Ti][NH]c2c(C)cc(C)cc2C)=C1C.Cl.Cl. The van der Waals surface area contributed by atoms with Crippen molar-refractivity contribution in [1.82, 2.24) is 0 Å². The quantitative estimate of drug-likeness (QED) is 0.345. The summed E-state index contributed by atoms with van der Waals surface area (Å²) in [6.07, 6.45) is 2.41. The van der Waals surface area contributed by atoms with E-state index in [1.54, 1.807) is 0 Å². The van der Waals surface area contributed by atoms with Gasteiger partial charge in [-0.05, 0) is 0 Å². The normalized spacial score (nSPS) is 15.2. The molecule has 168 valence electrons. The van der Waals surface area contributed by atoms with Crippen molar-refractivity contribution in [1.29, 1.82) is 0 Å². The predicted molar refractivity (Wildman–Crippen MR) is 142 cm³/mol. The third-order valence-corrected chi connectivity index (χ3v) is 7.93. The minimum absolute atomic E-state index is 0. The topological polar surface area (TPSA) is 12.0 Å². The van der Waals surface area contributed by atoms with E-state index in [0.717, 1.165) is 4.73 Å². The summed E-state index contributed by atoms with van der Waals surface area (Å²) in [6.45, 7) is 13.5. The third kappa shape index (κ3) is 5.18. The van der Waals surface area contributed by atoms with E-state index in [2.05, 4.69) is 99.9 Å². The van der Waals surface area contributed by atoms with E-state index in [0.29, 0.717) is 5.92 Å². The monoisotopic (exact) mass is 501 g/mol. The number of rotatable bonds is 5. The summed E-state index contributed by atoms with van der Waals surface area (Å²) < 4.78 is 5.00. The first-order valence-corrected chi connectivity index (χ1v) is 12.7. The Morgan fingerprint density at radius 3 is 2.16 bits per heavy atom. The van der Waals surface area contributed by atoms with E-state index in [1.807, 2.05) is 0 Å². The first-order valence-electron chi connectivity index (χ1n) is 10.8. The summed E-state index contributed by atoms with van der Waals surface area (Å²) in [6, 6.07) is 18.1. The van der Waals surface area contributed by atoms with Gasteiger partial charge in [0.1, 0.15) is 0 Å². The number of halogens is 2. The molecule has 0 saturated carbocycles. The Balaban J connectivity index is 0.00000181. The molecule has 32 heavy (non-hydrogen) atoms. The number of nitrogens with one attached hydrogen (secondary N) is 1. The fourth-order valence-electron chi connectivity index (χ4n) is 4.96. The average molecular weight is 502 g/mol.